The molecule has 0 saturated heterocycles. The average molecular weight is 242 g/mol. The van der Waals surface area contributed by atoms with Crippen molar-refractivity contribution in [1.29, 1.82) is 0 Å². The number of amides is 1. The lowest BCUT2D eigenvalue weighted by Crippen LogP contribution is -2.57. The fraction of sp³-hybridized carbons (Fsp3) is 0.545. The molecule has 90 valence electrons. The van der Waals surface area contributed by atoms with Crippen LogP contribution in [0.5, 0.6) is 0 Å². The van der Waals surface area contributed by atoms with E-state index in [9.17, 15) is 9.90 Å². The van der Waals surface area contributed by atoms with Gasteiger partial charge in [0.25, 0.3) is 5.91 Å². The molecule has 0 aliphatic heterocycles. The lowest BCUT2D eigenvalue weighted by molar-refractivity contribution is -0.00283. The van der Waals surface area contributed by atoms with Crippen LogP contribution in [0, 0.1) is 0 Å². The summed E-state index contributed by atoms with van der Waals surface area (Å²) in [7, 11) is 0. The van der Waals surface area contributed by atoms with Crippen molar-refractivity contribution in [3.05, 3.63) is 16.3 Å². The zero-order valence-corrected chi connectivity index (χ0v) is 10.8. The highest BCUT2D eigenvalue weighted by atomic mass is 32.1. The van der Waals surface area contributed by atoms with E-state index in [4.69, 9.17) is 5.73 Å². The lowest BCUT2D eigenvalue weighted by Gasteiger charge is -2.37. The van der Waals surface area contributed by atoms with Crippen LogP contribution in [0.3, 0.4) is 0 Å². The molecule has 16 heavy (non-hydrogen) atoms. The molecule has 1 aromatic heterocycles. The van der Waals surface area contributed by atoms with Crippen LogP contribution in [0.25, 0.3) is 0 Å². The number of anilines is 1. The number of hydrogen-bond acceptors (Lipinski definition) is 4. The second-order valence-corrected chi connectivity index (χ2v) is 5.76. The smallest absolute Gasteiger partial charge is 0.263 e. The molecule has 0 aromatic carbocycles. The molecule has 4 N–H and O–H groups in total. The Morgan fingerprint density at radius 2 is 2.00 bits per heavy atom. The summed E-state index contributed by atoms with van der Waals surface area (Å²) < 4.78 is 0. The molecule has 0 saturated carbocycles. The second kappa shape index (κ2) is 4.07. The summed E-state index contributed by atoms with van der Waals surface area (Å²) in [5.74, 6) is -0.250. The van der Waals surface area contributed by atoms with Gasteiger partial charge in [-0.15, -0.1) is 11.3 Å². The van der Waals surface area contributed by atoms with E-state index in [1.165, 1.54) is 11.3 Å². The standard InChI is InChI=1S/C11H18N2O2S/c1-10(2,11(3,4)15)13-9(14)8-7(12)5-6-16-8/h5-6,15H,12H2,1-4H3,(H,13,14). The Hall–Kier alpha value is -1.07. The van der Waals surface area contributed by atoms with Crippen LogP contribution in [-0.2, 0) is 0 Å². The lowest BCUT2D eigenvalue weighted by atomic mass is 9.86. The van der Waals surface area contributed by atoms with Crippen LogP contribution >= 0.6 is 11.3 Å². The Kier molecular flexibility index (Phi) is 3.30. The summed E-state index contributed by atoms with van der Waals surface area (Å²) >= 11 is 1.29. The predicted octanol–water partition coefficient (Wildman–Crippen LogP) is 1.61. The molecule has 5 heteroatoms. The fourth-order valence-electron chi connectivity index (χ4n) is 0.997. The van der Waals surface area contributed by atoms with Gasteiger partial charge in [0.15, 0.2) is 0 Å². The van der Waals surface area contributed by atoms with Gasteiger partial charge in [-0.2, -0.15) is 0 Å². The van der Waals surface area contributed by atoms with Gasteiger partial charge in [-0.25, -0.2) is 0 Å². The van der Waals surface area contributed by atoms with Gasteiger partial charge in [-0.05, 0) is 39.1 Å². The monoisotopic (exact) mass is 242 g/mol. The summed E-state index contributed by atoms with van der Waals surface area (Å²) in [5.41, 5.74) is 4.40. The van der Waals surface area contributed by atoms with Gasteiger partial charge in [-0.1, -0.05) is 0 Å². The van der Waals surface area contributed by atoms with Crippen molar-refractivity contribution in [2.24, 2.45) is 0 Å². The molecule has 1 rings (SSSR count). The first-order chi connectivity index (χ1) is 7.15. The molecule has 1 aromatic rings. The molecular weight excluding hydrogens is 224 g/mol. The molecule has 0 unspecified atom stereocenters. The number of nitrogen functional groups attached to an aromatic ring is 1. The number of carbonyl (C=O) groups excluding carboxylic acids is 1. The highest BCUT2D eigenvalue weighted by molar-refractivity contribution is 7.12. The van der Waals surface area contributed by atoms with E-state index in [0.717, 1.165) is 0 Å². The SMILES string of the molecule is CC(C)(O)C(C)(C)NC(=O)c1sccc1N. The number of rotatable bonds is 3. The number of hydrogen-bond donors (Lipinski definition) is 3. The minimum Gasteiger partial charge on any atom is -0.397 e. The Labute approximate surface area is 99.5 Å². The van der Waals surface area contributed by atoms with E-state index in [-0.39, 0.29) is 5.91 Å². The maximum atomic E-state index is 11.9. The number of nitrogens with one attached hydrogen (secondary N) is 1. The molecule has 0 fully saturated rings. The second-order valence-electron chi connectivity index (χ2n) is 4.84. The Balaban J connectivity index is 2.84. The van der Waals surface area contributed by atoms with E-state index >= 15 is 0 Å². The quantitative estimate of drug-likeness (QED) is 0.753. The molecule has 0 aliphatic rings. The van der Waals surface area contributed by atoms with Crippen LogP contribution in [-0.4, -0.2) is 22.2 Å². The van der Waals surface area contributed by atoms with Crippen molar-refractivity contribution in [2.75, 3.05) is 5.73 Å². The maximum absolute atomic E-state index is 11.9. The van der Waals surface area contributed by atoms with E-state index in [2.05, 4.69) is 5.32 Å². The van der Waals surface area contributed by atoms with Crippen molar-refractivity contribution < 1.29 is 9.90 Å². The zero-order valence-electron chi connectivity index (χ0n) is 10.00. The van der Waals surface area contributed by atoms with Crippen molar-refractivity contribution in [1.82, 2.24) is 5.32 Å². The molecule has 0 bridgehead atoms. The largest absolute Gasteiger partial charge is 0.397 e. The zero-order chi connectivity index (χ0) is 12.6. The third-order valence-electron chi connectivity index (χ3n) is 2.86. The van der Waals surface area contributed by atoms with Crippen molar-refractivity contribution in [3.63, 3.8) is 0 Å². The van der Waals surface area contributed by atoms with E-state index in [1.807, 2.05) is 0 Å². The summed E-state index contributed by atoms with van der Waals surface area (Å²) in [6, 6.07) is 1.69. The van der Waals surface area contributed by atoms with Crippen LogP contribution in [0.2, 0.25) is 0 Å². The first-order valence-electron chi connectivity index (χ1n) is 5.03. The summed E-state index contributed by atoms with van der Waals surface area (Å²) in [5, 5.41) is 14.5. The van der Waals surface area contributed by atoms with Crippen molar-refractivity contribution in [3.8, 4) is 0 Å². The predicted molar refractivity (Wildman–Crippen MR) is 66.6 cm³/mol. The molecule has 0 radical (unpaired) electrons. The number of carbonyl (C=O) groups is 1. The normalized spacial score (nSPS) is 12.6. The van der Waals surface area contributed by atoms with Crippen molar-refractivity contribution >= 4 is 22.9 Å². The fourth-order valence-corrected chi connectivity index (χ4v) is 1.71. The Morgan fingerprint density at radius 3 is 2.38 bits per heavy atom. The highest BCUT2D eigenvalue weighted by Gasteiger charge is 2.36. The first-order valence-corrected chi connectivity index (χ1v) is 5.91. The summed E-state index contributed by atoms with van der Waals surface area (Å²) in [6.07, 6.45) is 0. The molecular formula is C11H18N2O2S. The van der Waals surface area contributed by atoms with Gasteiger partial charge in [0.1, 0.15) is 4.88 Å². The van der Waals surface area contributed by atoms with E-state index in [1.54, 1.807) is 39.1 Å². The summed E-state index contributed by atoms with van der Waals surface area (Å²) in [4.78, 5) is 12.4. The van der Waals surface area contributed by atoms with Crippen molar-refractivity contribution in [2.45, 2.75) is 38.8 Å². The van der Waals surface area contributed by atoms with Gasteiger partial charge in [0.05, 0.1) is 16.8 Å². The topological polar surface area (TPSA) is 75.3 Å². The first kappa shape index (κ1) is 13.0. The van der Waals surface area contributed by atoms with Crippen LogP contribution < -0.4 is 11.1 Å². The Bertz CT molecular complexity index is 391. The van der Waals surface area contributed by atoms with Crippen LogP contribution in [0.15, 0.2) is 11.4 Å². The third-order valence-corrected chi connectivity index (χ3v) is 3.79. The van der Waals surface area contributed by atoms with Gasteiger partial charge in [0, 0.05) is 0 Å². The van der Waals surface area contributed by atoms with Gasteiger partial charge < -0.3 is 16.2 Å². The minimum absolute atomic E-state index is 0.250. The van der Waals surface area contributed by atoms with Gasteiger partial charge in [-0.3, -0.25) is 4.79 Å². The molecule has 0 aliphatic carbocycles. The average Bonchev–Trinajstić information content (AvgIpc) is 2.48. The molecule has 0 atom stereocenters. The third kappa shape index (κ3) is 2.54. The maximum Gasteiger partial charge on any atom is 0.263 e. The molecule has 1 heterocycles. The molecule has 1 amide bonds. The number of nitrogens with two attached hydrogens (primary N) is 1. The van der Waals surface area contributed by atoms with Gasteiger partial charge >= 0.3 is 0 Å². The number of aliphatic hydroxyl groups is 1. The van der Waals surface area contributed by atoms with Gasteiger partial charge in [0.2, 0.25) is 0 Å². The van der Waals surface area contributed by atoms with E-state index in [0.29, 0.717) is 10.6 Å². The van der Waals surface area contributed by atoms with E-state index < -0.39 is 11.1 Å². The Morgan fingerprint density at radius 1 is 1.44 bits per heavy atom. The molecule has 0 spiro atoms. The summed E-state index contributed by atoms with van der Waals surface area (Å²) in [6.45, 7) is 6.86. The number of thiophene rings is 1. The van der Waals surface area contributed by atoms with Crippen LogP contribution in [0.1, 0.15) is 37.4 Å². The minimum atomic E-state index is -1.01. The van der Waals surface area contributed by atoms with Crippen LogP contribution in [0.4, 0.5) is 5.69 Å². The highest BCUT2D eigenvalue weighted by Crippen LogP contribution is 2.24. The molecule has 4 nitrogen and oxygen atoms in total.